The van der Waals surface area contributed by atoms with Gasteiger partial charge >= 0.3 is 0 Å². The van der Waals surface area contributed by atoms with Crippen molar-refractivity contribution in [3.05, 3.63) is 11.8 Å². The van der Waals surface area contributed by atoms with Crippen LogP contribution in [0.4, 0.5) is 0 Å². The van der Waals surface area contributed by atoms with Gasteiger partial charge in [0.2, 0.25) is 8.32 Å². The third-order valence-corrected chi connectivity index (χ3v) is 13.6. The highest BCUT2D eigenvalue weighted by Crippen LogP contribution is 2.38. The topological polar surface area (TPSA) is 18.5 Å². The van der Waals surface area contributed by atoms with Crippen LogP contribution in [0.2, 0.25) is 36.3 Å². The lowest BCUT2D eigenvalue weighted by atomic mass is 10.2. The maximum absolute atomic E-state index is 6.21. The van der Waals surface area contributed by atoms with E-state index in [0.29, 0.717) is 6.61 Å². The number of rotatable bonds is 5. The summed E-state index contributed by atoms with van der Waals surface area (Å²) < 4.78 is 12.3. The molecule has 0 aliphatic carbocycles. The molecule has 0 spiro atoms. The molecule has 0 saturated heterocycles. The SMILES string of the molecule is C/C(=C\O[Si](C)(C)C(C)(C)C)CO[Si](C)(C)C(C)(C)C. The Bertz CT molecular complexity index is 344. The molecule has 0 unspecified atom stereocenters. The van der Waals surface area contributed by atoms with Crippen LogP contribution in [0.25, 0.3) is 0 Å². The molecule has 2 nitrogen and oxygen atoms in total. The van der Waals surface area contributed by atoms with Gasteiger partial charge in [-0.3, -0.25) is 0 Å². The molecule has 120 valence electrons. The van der Waals surface area contributed by atoms with Gasteiger partial charge in [0.05, 0.1) is 12.9 Å². The Morgan fingerprint density at radius 2 is 1.25 bits per heavy atom. The molecule has 0 atom stereocenters. The summed E-state index contributed by atoms with van der Waals surface area (Å²) >= 11 is 0. The molecule has 0 radical (unpaired) electrons. The molecule has 0 aromatic heterocycles. The standard InChI is InChI=1S/C16H36O2Si2/c1-14(12-17-19(8,9)15(2,3)4)13-18-20(10,11)16(5,6)7/h12H,13H2,1-11H3/b14-12+. The third-order valence-electron chi connectivity index (χ3n) is 4.83. The lowest BCUT2D eigenvalue weighted by Gasteiger charge is -2.37. The van der Waals surface area contributed by atoms with Gasteiger partial charge in [0.15, 0.2) is 8.32 Å². The summed E-state index contributed by atoms with van der Waals surface area (Å²) in [5.41, 5.74) is 1.18. The average Bonchev–Trinajstić information content (AvgIpc) is 2.20. The number of hydrogen-bond donors (Lipinski definition) is 0. The van der Waals surface area contributed by atoms with Crippen molar-refractivity contribution in [2.45, 2.75) is 84.7 Å². The van der Waals surface area contributed by atoms with E-state index in [1.54, 1.807) is 0 Å². The highest BCUT2D eigenvalue weighted by molar-refractivity contribution is 6.74. The fraction of sp³-hybridized carbons (Fsp3) is 0.875. The Morgan fingerprint density at radius 1 is 0.850 bits per heavy atom. The van der Waals surface area contributed by atoms with Crippen molar-refractivity contribution in [3.8, 4) is 0 Å². The minimum absolute atomic E-state index is 0.240. The zero-order valence-corrected chi connectivity index (χ0v) is 17.6. The molecular formula is C16H36O2Si2. The normalized spacial score (nSPS) is 15.4. The summed E-state index contributed by atoms with van der Waals surface area (Å²) in [4.78, 5) is 0. The Kier molecular flexibility index (Phi) is 6.34. The van der Waals surface area contributed by atoms with Crippen LogP contribution in [0.5, 0.6) is 0 Å². The summed E-state index contributed by atoms with van der Waals surface area (Å²) in [6.45, 7) is 25.5. The molecule has 4 heteroatoms. The molecule has 0 aromatic rings. The molecule has 0 heterocycles. The molecule has 0 fully saturated rings. The van der Waals surface area contributed by atoms with E-state index in [1.165, 1.54) is 5.57 Å². The van der Waals surface area contributed by atoms with Gasteiger partial charge in [-0.05, 0) is 48.8 Å². The predicted octanol–water partition coefficient (Wildman–Crippen LogP) is 5.93. The molecule has 0 amide bonds. The van der Waals surface area contributed by atoms with Crippen molar-refractivity contribution < 1.29 is 8.85 Å². The maximum atomic E-state index is 6.21. The van der Waals surface area contributed by atoms with Crippen LogP contribution in [-0.4, -0.2) is 23.2 Å². The quantitative estimate of drug-likeness (QED) is 0.462. The first kappa shape index (κ1) is 19.9. The minimum atomic E-state index is -1.70. The van der Waals surface area contributed by atoms with Crippen molar-refractivity contribution >= 4 is 16.6 Å². The molecule has 0 saturated carbocycles. The van der Waals surface area contributed by atoms with Crippen LogP contribution in [0, 0.1) is 0 Å². The molecule has 0 aliphatic heterocycles. The highest BCUT2D eigenvalue weighted by atomic mass is 28.4. The highest BCUT2D eigenvalue weighted by Gasteiger charge is 2.38. The van der Waals surface area contributed by atoms with Gasteiger partial charge in [-0.15, -0.1) is 0 Å². The van der Waals surface area contributed by atoms with Crippen molar-refractivity contribution in [1.82, 2.24) is 0 Å². The van der Waals surface area contributed by atoms with E-state index in [0.717, 1.165) is 0 Å². The van der Waals surface area contributed by atoms with E-state index >= 15 is 0 Å². The zero-order chi connectivity index (χ0) is 16.4. The lowest BCUT2D eigenvalue weighted by Crippen LogP contribution is -2.41. The van der Waals surface area contributed by atoms with Gasteiger partial charge in [-0.1, -0.05) is 41.5 Å². The average molecular weight is 317 g/mol. The van der Waals surface area contributed by atoms with Gasteiger partial charge < -0.3 is 8.85 Å². The van der Waals surface area contributed by atoms with E-state index in [1.807, 2.05) is 6.26 Å². The smallest absolute Gasteiger partial charge is 0.249 e. The first-order chi connectivity index (χ1) is 8.60. The van der Waals surface area contributed by atoms with Crippen molar-refractivity contribution in [2.75, 3.05) is 6.61 Å². The van der Waals surface area contributed by atoms with Crippen LogP contribution in [0.15, 0.2) is 11.8 Å². The van der Waals surface area contributed by atoms with Crippen molar-refractivity contribution in [2.24, 2.45) is 0 Å². The first-order valence-corrected chi connectivity index (χ1v) is 13.4. The largest absolute Gasteiger partial charge is 0.549 e. The fourth-order valence-corrected chi connectivity index (χ4v) is 2.84. The fourth-order valence-electron chi connectivity index (χ4n) is 0.969. The summed E-state index contributed by atoms with van der Waals surface area (Å²) in [7, 11) is -3.36. The van der Waals surface area contributed by atoms with Gasteiger partial charge in [-0.2, -0.15) is 0 Å². The Balaban J connectivity index is 4.58. The summed E-state index contributed by atoms with van der Waals surface area (Å²) in [5, 5.41) is 0.498. The number of hydrogen-bond acceptors (Lipinski definition) is 2. The van der Waals surface area contributed by atoms with Gasteiger partial charge in [0, 0.05) is 0 Å². The second-order valence-electron chi connectivity index (χ2n) is 8.89. The van der Waals surface area contributed by atoms with E-state index in [4.69, 9.17) is 8.85 Å². The molecule has 0 bridgehead atoms. The summed E-state index contributed by atoms with van der Waals surface area (Å²) in [6.07, 6.45) is 1.94. The lowest BCUT2D eigenvalue weighted by molar-refractivity contribution is 0.312. The Labute approximate surface area is 129 Å². The van der Waals surface area contributed by atoms with Crippen molar-refractivity contribution in [3.63, 3.8) is 0 Å². The maximum Gasteiger partial charge on any atom is 0.249 e. The first-order valence-electron chi connectivity index (χ1n) is 7.57. The van der Waals surface area contributed by atoms with E-state index in [-0.39, 0.29) is 10.1 Å². The predicted molar refractivity (Wildman–Crippen MR) is 95.2 cm³/mol. The van der Waals surface area contributed by atoms with Crippen LogP contribution in [-0.2, 0) is 8.85 Å². The molecule has 0 rings (SSSR count). The Morgan fingerprint density at radius 3 is 1.60 bits per heavy atom. The molecular weight excluding hydrogens is 280 g/mol. The van der Waals surface area contributed by atoms with Crippen LogP contribution in [0.1, 0.15) is 48.5 Å². The third kappa shape index (κ3) is 5.74. The molecule has 20 heavy (non-hydrogen) atoms. The van der Waals surface area contributed by atoms with Crippen LogP contribution in [0.3, 0.4) is 0 Å². The van der Waals surface area contributed by atoms with Crippen LogP contribution >= 0.6 is 0 Å². The van der Waals surface area contributed by atoms with E-state index < -0.39 is 16.6 Å². The van der Waals surface area contributed by atoms with Gasteiger partial charge in [-0.25, -0.2) is 0 Å². The van der Waals surface area contributed by atoms with Crippen molar-refractivity contribution in [1.29, 1.82) is 0 Å². The van der Waals surface area contributed by atoms with Gasteiger partial charge in [0.1, 0.15) is 0 Å². The van der Waals surface area contributed by atoms with E-state index in [2.05, 4.69) is 74.7 Å². The van der Waals surface area contributed by atoms with Crippen LogP contribution < -0.4 is 0 Å². The second kappa shape index (κ2) is 6.36. The summed E-state index contributed by atoms with van der Waals surface area (Å²) in [5.74, 6) is 0. The van der Waals surface area contributed by atoms with Gasteiger partial charge in [0.25, 0.3) is 0 Å². The molecule has 0 aromatic carbocycles. The van der Waals surface area contributed by atoms with E-state index in [9.17, 15) is 0 Å². The monoisotopic (exact) mass is 316 g/mol. The zero-order valence-electron chi connectivity index (χ0n) is 15.6. The molecule has 0 N–H and O–H groups in total. The second-order valence-corrected chi connectivity index (χ2v) is 18.5. The Hall–Kier alpha value is -0.0662. The minimum Gasteiger partial charge on any atom is -0.549 e. The summed E-state index contributed by atoms with van der Waals surface area (Å²) in [6, 6.07) is 0. The molecule has 0 aliphatic rings.